The van der Waals surface area contributed by atoms with E-state index in [4.69, 9.17) is 16.3 Å². The van der Waals surface area contributed by atoms with E-state index in [1.54, 1.807) is 18.2 Å². The van der Waals surface area contributed by atoms with Gasteiger partial charge in [0.15, 0.2) is 0 Å². The summed E-state index contributed by atoms with van der Waals surface area (Å²) in [4.78, 5) is 10.7. The van der Waals surface area contributed by atoms with Gasteiger partial charge in [-0.1, -0.05) is 48.4 Å². The maximum Gasteiger partial charge on any atom is 0.128 e. The number of hydrogen-bond donors (Lipinski definition) is 2. The third-order valence-electron chi connectivity index (χ3n) is 5.21. The topological polar surface area (TPSA) is 81.6 Å². The van der Waals surface area contributed by atoms with Crippen LogP contribution in [0.5, 0.6) is 5.75 Å². The second-order valence-corrected chi connectivity index (χ2v) is 7.67. The van der Waals surface area contributed by atoms with Crippen LogP contribution in [0.15, 0.2) is 48.5 Å². The van der Waals surface area contributed by atoms with Crippen molar-refractivity contribution >= 4 is 17.6 Å². The monoisotopic (exact) mass is 402 g/mol. The Morgan fingerprint density at radius 2 is 2.07 bits per heavy atom. The lowest BCUT2D eigenvalue weighted by Crippen LogP contribution is -2.36. The molecule has 2 aromatic rings. The molecule has 1 fully saturated rings. The molecular weight excluding hydrogens is 378 g/mol. The SMILES string of the molecule is O=C([O-])COc1ccccc1C1CCCC(NCC(O)c2cccc(Cl)c2)C1. The second-order valence-electron chi connectivity index (χ2n) is 7.24. The highest BCUT2D eigenvalue weighted by molar-refractivity contribution is 6.30. The van der Waals surface area contributed by atoms with Crippen LogP contribution in [0.4, 0.5) is 0 Å². The summed E-state index contributed by atoms with van der Waals surface area (Å²) >= 11 is 6.00. The molecule has 5 nitrogen and oxygen atoms in total. The predicted molar refractivity (Wildman–Crippen MR) is 106 cm³/mol. The average molecular weight is 403 g/mol. The number of aliphatic hydroxyl groups excluding tert-OH is 1. The van der Waals surface area contributed by atoms with Gasteiger partial charge in [-0.2, -0.15) is 0 Å². The highest BCUT2D eigenvalue weighted by atomic mass is 35.5. The van der Waals surface area contributed by atoms with E-state index >= 15 is 0 Å². The summed E-state index contributed by atoms with van der Waals surface area (Å²) in [7, 11) is 0. The van der Waals surface area contributed by atoms with E-state index in [2.05, 4.69) is 5.32 Å². The summed E-state index contributed by atoms with van der Waals surface area (Å²) in [6.45, 7) is 0.0117. The van der Waals surface area contributed by atoms with Crippen LogP contribution in [0.1, 0.15) is 48.8 Å². The van der Waals surface area contributed by atoms with Crippen LogP contribution in [0.2, 0.25) is 5.02 Å². The van der Waals surface area contributed by atoms with Crippen molar-refractivity contribution in [3.63, 3.8) is 0 Å². The summed E-state index contributed by atoms with van der Waals surface area (Å²) in [6, 6.07) is 15.1. The molecule has 0 aromatic heterocycles. The van der Waals surface area contributed by atoms with Crippen LogP contribution in [0, 0.1) is 0 Å². The molecule has 0 saturated heterocycles. The van der Waals surface area contributed by atoms with Gasteiger partial charge in [0.05, 0.1) is 12.1 Å². The van der Waals surface area contributed by atoms with E-state index in [0.29, 0.717) is 17.3 Å². The Labute approximate surface area is 170 Å². The van der Waals surface area contributed by atoms with Gasteiger partial charge in [-0.25, -0.2) is 0 Å². The molecule has 28 heavy (non-hydrogen) atoms. The third kappa shape index (κ3) is 5.71. The van der Waals surface area contributed by atoms with Crippen molar-refractivity contribution in [3.05, 3.63) is 64.7 Å². The smallest absolute Gasteiger partial charge is 0.128 e. The van der Waals surface area contributed by atoms with Gasteiger partial charge in [-0.15, -0.1) is 0 Å². The number of carboxylic acids is 1. The Morgan fingerprint density at radius 3 is 2.86 bits per heavy atom. The van der Waals surface area contributed by atoms with Crippen molar-refractivity contribution < 1.29 is 19.7 Å². The number of hydrogen-bond acceptors (Lipinski definition) is 5. The van der Waals surface area contributed by atoms with E-state index in [-0.39, 0.29) is 12.0 Å². The molecule has 3 unspecified atom stereocenters. The Bertz CT molecular complexity index is 798. The fraction of sp³-hybridized carbons (Fsp3) is 0.409. The van der Waals surface area contributed by atoms with Crippen LogP contribution in [-0.4, -0.2) is 30.3 Å². The summed E-state index contributed by atoms with van der Waals surface area (Å²) in [6.07, 6.45) is 3.43. The largest absolute Gasteiger partial charge is 0.546 e. The van der Waals surface area contributed by atoms with Crippen molar-refractivity contribution in [2.75, 3.05) is 13.2 Å². The van der Waals surface area contributed by atoms with Gasteiger partial charge in [0.2, 0.25) is 0 Å². The predicted octanol–water partition coefficient (Wildman–Crippen LogP) is 2.82. The van der Waals surface area contributed by atoms with Crippen LogP contribution < -0.4 is 15.2 Å². The van der Waals surface area contributed by atoms with Crippen LogP contribution in [0.3, 0.4) is 0 Å². The standard InChI is InChI=1S/C22H26ClNO4/c23-17-7-3-6-16(11-17)20(25)13-24-18-8-4-5-15(12-18)19-9-1-2-10-21(19)28-14-22(26)27/h1-3,6-7,9-11,15,18,20,24-25H,4-5,8,12-14H2,(H,26,27)/p-1. The molecule has 1 aliphatic carbocycles. The number of carbonyl (C=O) groups is 1. The van der Waals surface area contributed by atoms with Gasteiger partial charge in [0.1, 0.15) is 12.4 Å². The zero-order valence-electron chi connectivity index (χ0n) is 15.6. The molecule has 2 N–H and O–H groups in total. The number of halogens is 1. The molecule has 6 heteroatoms. The minimum atomic E-state index is -1.23. The lowest BCUT2D eigenvalue weighted by atomic mass is 9.81. The lowest BCUT2D eigenvalue weighted by Gasteiger charge is -2.31. The Morgan fingerprint density at radius 1 is 1.25 bits per heavy atom. The zero-order chi connectivity index (χ0) is 19.9. The molecule has 0 bridgehead atoms. The first kappa shape index (κ1) is 20.6. The molecule has 2 aromatic carbocycles. The molecule has 150 valence electrons. The third-order valence-corrected chi connectivity index (χ3v) is 5.45. The van der Waals surface area contributed by atoms with Crippen molar-refractivity contribution in [1.82, 2.24) is 5.32 Å². The van der Waals surface area contributed by atoms with Gasteiger partial charge >= 0.3 is 0 Å². The number of benzene rings is 2. The number of para-hydroxylation sites is 1. The molecule has 0 amide bonds. The van der Waals surface area contributed by atoms with Crippen LogP contribution >= 0.6 is 11.6 Å². The van der Waals surface area contributed by atoms with Gasteiger partial charge < -0.3 is 25.1 Å². The number of carboxylic acid groups (broad SMARTS) is 1. The summed E-state index contributed by atoms with van der Waals surface area (Å²) < 4.78 is 5.42. The first-order chi connectivity index (χ1) is 13.5. The maximum atomic E-state index is 10.7. The Balaban J connectivity index is 1.59. The zero-order valence-corrected chi connectivity index (χ0v) is 16.4. The molecular formula is C22H25ClNO4-. The molecule has 1 aliphatic rings. The van der Waals surface area contributed by atoms with E-state index in [1.165, 1.54) is 0 Å². The van der Waals surface area contributed by atoms with Gasteiger partial charge in [-0.05, 0) is 54.5 Å². The fourth-order valence-electron chi connectivity index (χ4n) is 3.85. The van der Waals surface area contributed by atoms with E-state index < -0.39 is 18.7 Å². The molecule has 1 saturated carbocycles. The average Bonchev–Trinajstić information content (AvgIpc) is 2.71. The molecule has 0 radical (unpaired) electrons. The van der Waals surface area contributed by atoms with Crippen molar-refractivity contribution in [2.45, 2.75) is 43.7 Å². The van der Waals surface area contributed by atoms with Crippen molar-refractivity contribution in [3.8, 4) is 5.75 Å². The number of nitrogens with one attached hydrogen (secondary N) is 1. The highest BCUT2D eigenvalue weighted by Crippen LogP contribution is 2.37. The fourth-order valence-corrected chi connectivity index (χ4v) is 4.05. The number of ether oxygens (including phenoxy) is 1. The van der Waals surface area contributed by atoms with Gasteiger partial charge in [-0.3, -0.25) is 0 Å². The molecule has 0 heterocycles. The summed E-state index contributed by atoms with van der Waals surface area (Å²) in [5.74, 6) is -0.336. The van der Waals surface area contributed by atoms with Crippen LogP contribution in [-0.2, 0) is 4.79 Å². The first-order valence-corrected chi connectivity index (χ1v) is 9.99. The highest BCUT2D eigenvalue weighted by Gasteiger charge is 2.25. The van der Waals surface area contributed by atoms with E-state index in [9.17, 15) is 15.0 Å². The number of aliphatic carboxylic acids is 1. The van der Waals surface area contributed by atoms with Crippen molar-refractivity contribution in [2.24, 2.45) is 0 Å². The molecule has 3 rings (SSSR count). The molecule has 0 aliphatic heterocycles. The van der Waals surface area contributed by atoms with Crippen molar-refractivity contribution in [1.29, 1.82) is 0 Å². The Hall–Kier alpha value is -2.08. The minimum Gasteiger partial charge on any atom is -0.546 e. The minimum absolute atomic E-state index is 0.279. The molecule has 3 atom stereocenters. The van der Waals surface area contributed by atoms with Gasteiger partial charge in [0, 0.05) is 17.6 Å². The number of rotatable bonds is 8. The van der Waals surface area contributed by atoms with Gasteiger partial charge in [0.25, 0.3) is 0 Å². The summed E-state index contributed by atoms with van der Waals surface area (Å²) in [5.41, 5.74) is 1.83. The first-order valence-electron chi connectivity index (χ1n) is 9.61. The number of aliphatic hydroxyl groups is 1. The van der Waals surface area contributed by atoms with E-state index in [0.717, 1.165) is 36.8 Å². The quantitative estimate of drug-likeness (QED) is 0.709. The Kier molecular flexibility index (Phi) is 7.31. The normalized spacial score (nSPS) is 20.5. The number of carbonyl (C=O) groups excluding carboxylic acids is 1. The van der Waals surface area contributed by atoms with E-state index in [1.807, 2.05) is 30.3 Å². The maximum absolute atomic E-state index is 10.7. The second kappa shape index (κ2) is 9.92. The molecule has 0 spiro atoms. The lowest BCUT2D eigenvalue weighted by molar-refractivity contribution is -0.307. The summed E-state index contributed by atoms with van der Waals surface area (Å²) in [5, 5.41) is 25.2. The van der Waals surface area contributed by atoms with Crippen LogP contribution in [0.25, 0.3) is 0 Å².